The van der Waals surface area contributed by atoms with Crippen molar-refractivity contribution in [2.24, 2.45) is 5.92 Å². The van der Waals surface area contributed by atoms with Crippen molar-refractivity contribution in [1.29, 1.82) is 0 Å². The number of carboxylic acids is 1. The van der Waals surface area contributed by atoms with Gasteiger partial charge in [0.05, 0.1) is 11.7 Å². The summed E-state index contributed by atoms with van der Waals surface area (Å²) in [7, 11) is 0. The van der Waals surface area contributed by atoms with Gasteiger partial charge in [-0.05, 0) is 31.4 Å². The van der Waals surface area contributed by atoms with Crippen LogP contribution in [0.4, 0.5) is 0 Å². The van der Waals surface area contributed by atoms with Gasteiger partial charge >= 0.3 is 5.97 Å². The molecule has 0 fully saturated rings. The number of rotatable bonds is 7. The molecule has 2 atom stereocenters. The maximum absolute atomic E-state index is 12.6. The molecule has 1 aromatic carbocycles. The van der Waals surface area contributed by atoms with Gasteiger partial charge in [-0.2, -0.15) is 0 Å². The van der Waals surface area contributed by atoms with E-state index in [9.17, 15) is 19.5 Å². The number of aromatic nitrogens is 2. The standard InChI is InChI=1S/C21H24N4O4/c1-11(2)8-17(21(28)29)25-19(26)12(3)23-20(27)16-9-14-13-6-4-5-7-15(13)24-18(14)10-22-16/h4-7,9-12,17,24H,8H2,1-3H3,(H,23,27)(H,25,26)(H,28,29). The third kappa shape index (κ3) is 4.53. The third-order valence-corrected chi connectivity index (χ3v) is 4.69. The van der Waals surface area contributed by atoms with E-state index in [0.717, 1.165) is 21.8 Å². The number of para-hydroxylation sites is 1. The predicted octanol–water partition coefficient (Wildman–Crippen LogP) is 2.45. The first-order chi connectivity index (χ1) is 13.8. The molecule has 4 N–H and O–H groups in total. The minimum absolute atomic E-state index is 0.105. The van der Waals surface area contributed by atoms with Crippen molar-refractivity contribution in [3.63, 3.8) is 0 Å². The van der Waals surface area contributed by atoms with Crippen molar-refractivity contribution in [1.82, 2.24) is 20.6 Å². The van der Waals surface area contributed by atoms with Gasteiger partial charge in [0.2, 0.25) is 5.91 Å². The van der Waals surface area contributed by atoms with Gasteiger partial charge in [0.25, 0.3) is 5.91 Å². The Morgan fingerprint density at radius 2 is 1.79 bits per heavy atom. The fraction of sp³-hybridized carbons (Fsp3) is 0.333. The zero-order valence-electron chi connectivity index (χ0n) is 16.5. The number of nitrogens with one attached hydrogen (secondary N) is 3. The first-order valence-corrected chi connectivity index (χ1v) is 9.46. The van der Waals surface area contributed by atoms with E-state index in [4.69, 9.17) is 0 Å². The SMILES string of the molecule is CC(C)CC(NC(=O)C(C)NC(=O)c1cc2c(cn1)[nH]c1ccccc12)C(=O)O. The highest BCUT2D eigenvalue weighted by atomic mass is 16.4. The molecule has 3 rings (SSSR count). The van der Waals surface area contributed by atoms with Crippen molar-refractivity contribution in [2.45, 2.75) is 39.3 Å². The quantitative estimate of drug-likeness (QED) is 0.488. The van der Waals surface area contributed by atoms with Crippen LogP contribution in [0.1, 0.15) is 37.7 Å². The first-order valence-electron chi connectivity index (χ1n) is 9.46. The molecule has 2 unspecified atom stereocenters. The van der Waals surface area contributed by atoms with Crippen molar-refractivity contribution >= 4 is 39.6 Å². The lowest BCUT2D eigenvalue weighted by atomic mass is 10.0. The van der Waals surface area contributed by atoms with Crippen LogP contribution in [0.5, 0.6) is 0 Å². The van der Waals surface area contributed by atoms with Crippen LogP contribution < -0.4 is 10.6 Å². The first kappa shape index (κ1) is 20.3. The lowest BCUT2D eigenvalue weighted by molar-refractivity contribution is -0.142. The van der Waals surface area contributed by atoms with Crippen LogP contribution in [-0.4, -0.2) is 44.9 Å². The lowest BCUT2D eigenvalue weighted by Gasteiger charge is -2.19. The van der Waals surface area contributed by atoms with Gasteiger partial charge in [-0.15, -0.1) is 0 Å². The molecular formula is C21H24N4O4. The second-order valence-electron chi connectivity index (χ2n) is 7.51. The Balaban J connectivity index is 1.72. The van der Waals surface area contributed by atoms with Crippen molar-refractivity contribution < 1.29 is 19.5 Å². The normalized spacial score (nSPS) is 13.4. The van der Waals surface area contributed by atoms with E-state index >= 15 is 0 Å². The molecule has 3 aromatic rings. The van der Waals surface area contributed by atoms with Gasteiger partial charge in [0.15, 0.2) is 0 Å². The number of aromatic amines is 1. The average molecular weight is 396 g/mol. The third-order valence-electron chi connectivity index (χ3n) is 4.69. The van der Waals surface area contributed by atoms with Gasteiger partial charge in [-0.3, -0.25) is 9.59 Å². The number of amides is 2. The van der Waals surface area contributed by atoms with Crippen LogP contribution in [0.2, 0.25) is 0 Å². The maximum Gasteiger partial charge on any atom is 0.326 e. The van der Waals surface area contributed by atoms with Crippen molar-refractivity contribution in [3.05, 3.63) is 42.2 Å². The highest BCUT2D eigenvalue weighted by molar-refractivity contribution is 6.09. The molecule has 0 radical (unpaired) electrons. The molecule has 0 bridgehead atoms. The summed E-state index contributed by atoms with van der Waals surface area (Å²) < 4.78 is 0. The Kier molecular flexibility index (Phi) is 5.81. The summed E-state index contributed by atoms with van der Waals surface area (Å²) in [5, 5.41) is 16.2. The van der Waals surface area contributed by atoms with Crippen LogP contribution in [0.25, 0.3) is 21.8 Å². The number of benzene rings is 1. The van der Waals surface area contributed by atoms with Gasteiger partial charge < -0.3 is 20.7 Å². The number of H-pyrrole nitrogens is 1. The number of carbonyl (C=O) groups is 3. The molecule has 0 aliphatic heterocycles. The highest BCUT2D eigenvalue weighted by Crippen LogP contribution is 2.24. The molecule has 152 valence electrons. The molecule has 8 nitrogen and oxygen atoms in total. The van der Waals surface area contributed by atoms with Gasteiger partial charge in [0, 0.05) is 16.3 Å². The zero-order valence-corrected chi connectivity index (χ0v) is 16.5. The topological polar surface area (TPSA) is 124 Å². The van der Waals surface area contributed by atoms with Crippen molar-refractivity contribution in [3.8, 4) is 0 Å². The maximum atomic E-state index is 12.6. The Labute approximate surface area is 167 Å². The van der Waals surface area contributed by atoms with Crippen LogP contribution >= 0.6 is 0 Å². The monoisotopic (exact) mass is 396 g/mol. The molecule has 8 heteroatoms. The smallest absolute Gasteiger partial charge is 0.326 e. The summed E-state index contributed by atoms with van der Waals surface area (Å²) in [5.41, 5.74) is 1.94. The number of pyridine rings is 1. The number of carbonyl (C=O) groups excluding carboxylic acids is 2. The number of hydrogen-bond acceptors (Lipinski definition) is 4. The molecule has 0 saturated heterocycles. The molecule has 0 aliphatic carbocycles. The van der Waals surface area contributed by atoms with Crippen LogP contribution in [0, 0.1) is 5.92 Å². The molecule has 29 heavy (non-hydrogen) atoms. The van der Waals surface area contributed by atoms with E-state index in [1.54, 1.807) is 12.3 Å². The number of hydrogen-bond donors (Lipinski definition) is 4. The van der Waals surface area contributed by atoms with Gasteiger partial charge in [0.1, 0.15) is 17.8 Å². The number of carboxylic acid groups (broad SMARTS) is 1. The Bertz CT molecular complexity index is 1070. The van der Waals surface area contributed by atoms with E-state index < -0.39 is 29.9 Å². The minimum atomic E-state index is -1.10. The average Bonchev–Trinajstić information content (AvgIpc) is 3.04. The summed E-state index contributed by atoms with van der Waals surface area (Å²) >= 11 is 0. The van der Waals surface area contributed by atoms with E-state index in [1.807, 2.05) is 38.1 Å². The lowest BCUT2D eigenvalue weighted by Crippen LogP contribution is -2.50. The second kappa shape index (κ2) is 8.30. The predicted molar refractivity (Wildman–Crippen MR) is 110 cm³/mol. The minimum Gasteiger partial charge on any atom is -0.480 e. The Morgan fingerprint density at radius 1 is 1.07 bits per heavy atom. The van der Waals surface area contributed by atoms with E-state index in [2.05, 4.69) is 20.6 Å². The summed E-state index contributed by atoms with van der Waals surface area (Å²) in [6.07, 6.45) is 1.89. The van der Waals surface area contributed by atoms with E-state index in [1.165, 1.54) is 6.92 Å². The molecule has 0 spiro atoms. The Hall–Kier alpha value is -3.42. The van der Waals surface area contributed by atoms with E-state index in [0.29, 0.717) is 6.42 Å². The fourth-order valence-corrected chi connectivity index (χ4v) is 3.20. The largest absolute Gasteiger partial charge is 0.480 e. The van der Waals surface area contributed by atoms with Crippen LogP contribution in [0.3, 0.4) is 0 Å². The molecule has 0 saturated carbocycles. The summed E-state index contributed by atoms with van der Waals surface area (Å²) in [6.45, 7) is 5.26. The number of aliphatic carboxylic acids is 1. The van der Waals surface area contributed by atoms with Crippen molar-refractivity contribution in [2.75, 3.05) is 0 Å². The fourth-order valence-electron chi connectivity index (χ4n) is 3.20. The van der Waals surface area contributed by atoms with Gasteiger partial charge in [-0.25, -0.2) is 9.78 Å². The zero-order chi connectivity index (χ0) is 21.1. The van der Waals surface area contributed by atoms with Crippen LogP contribution in [-0.2, 0) is 9.59 Å². The summed E-state index contributed by atoms with van der Waals surface area (Å²) in [6, 6.07) is 7.50. The molecule has 0 aliphatic rings. The van der Waals surface area contributed by atoms with Gasteiger partial charge in [-0.1, -0.05) is 32.0 Å². The summed E-state index contributed by atoms with van der Waals surface area (Å²) in [4.78, 5) is 43.7. The molecule has 2 heterocycles. The molecular weight excluding hydrogens is 372 g/mol. The van der Waals surface area contributed by atoms with E-state index in [-0.39, 0.29) is 11.6 Å². The number of fused-ring (bicyclic) bond motifs is 3. The summed E-state index contributed by atoms with van der Waals surface area (Å²) in [5.74, 6) is -2.06. The molecule has 2 amide bonds. The molecule has 2 aromatic heterocycles. The number of nitrogens with zero attached hydrogens (tertiary/aromatic N) is 1. The van der Waals surface area contributed by atoms with Crippen LogP contribution in [0.15, 0.2) is 36.5 Å². The Morgan fingerprint density at radius 3 is 2.48 bits per heavy atom. The second-order valence-corrected chi connectivity index (χ2v) is 7.51. The highest BCUT2D eigenvalue weighted by Gasteiger charge is 2.25.